The van der Waals surface area contributed by atoms with Crippen molar-refractivity contribution in [2.24, 2.45) is 0 Å². The first-order valence-corrected chi connectivity index (χ1v) is 11.6. The Labute approximate surface area is 193 Å². The number of aryl methyl sites for hydroxylation is 1. The van der Waals surface area contributed by atoms with Crippen LogP contribution in [0.2, 0.25) is 5.02 Å². The quantitative estimate of drug-likeness (QED) is 0.711. The molecule has 2 aliphatic rings. The molecule has 1 amide bonds. The number of benzene rings is 1. The Balaban J connectivity index is 1.30. The number of carbonyl (C=O) groups is 1. The zero-order valence-electron chi connectivity index (χ0n) is 18.6. The second kappa shape index (κ2) is 10.0. The van der Waals surface area contributed by atoms with Crippen molar-refractivity contribution in [1.82, 2.24) is 20.2 Å². The molecule has 7 nitrogen and oxygen atoms in total. The van der Waals surface area contributed by atoms with Gasteiger partial charge in [0.1, 0.15) is 23.3 Å². The SMILES string of the molecule is Cc1nc(NC2CCC(NC(=O)c3ccc(F)c(Cl)c3)CC2)cc(N2CCN(C)CC2)n1. The zero-order valence-corrected chi connectivity index (χ0v) is 19.3. The summed E-state index contributed by atoms with van der Waals surface area (Å²) in [6.07, 6.45) is 3.60. The van der Waals surface area contributed by atoms with Gasteiger partial charge in [0.2, 0.25) is 0 Å². The first kappa shape index (κ1) is 22.7. The number of amides is 1. The van der Waals surface area contributed by atoms with Crippen LogP contribution in [-0.2, 0) is 0 Å². The van der Waals surface area contributed by atoms with Gasteiger partial charge in [-0.25, -0.2) is 14.4 Å². The van der Waals surface area contributed by atoms with Gasteiger partial charge in [-0.1, -0.05) is 11.6 Å². The highest BCUT2D eigenvalue weighted by molar-refractivity contribution is 6.31. The van der Waals surface area contributed by atoms with E-state index in [0.717, 1.165) is 69.3 Å². The van der Waals surface area contributed by atoms with Crippen LogP contribution in [0.15, 0.2) is 24.3 Å². The van der Waals surface area contributed by atoms with Gasteiger partial charge >= 0.3 is 0 Å². The summed E-state index contributed by atoms with van der Waals surface area (Å²) in [4.78, 5) is 26.3. The van der Waals surface area contributed by atoms with Crippen LogP contribution in [0.4, 0.5) is 16.0 Å². The summed E-state index contributed by atoms with van der Waals surface area (Å²) in [6, 6.07) is 6.49. The first-order valence-electron chi connectivity index (χ1n) is 11.2. The van der Waals surface area contributed by atoms with E-state index in [4.69, 9.17) is 11.6 Å². The molecule has 2 aromatic rings. The van der Waals surface area contributed by atoms with Crippen molar-refractivity contribution in [3.8, 4) is 0 Å². The van der Waals surface area contributed by atoms with Gasteiger partial charge < -0.3 is 20.4 Å². The Hall–Kier alpha value is -2.45. The van der Waals surface area contributed by atoms with Crippen LogP contribution in [0.25, 0.3) is 0 Å². The number of halogens is 2. The average Bonchev–Trinajstić information content (AvgIpc) is 2.77. The Morgan fingerprint density at radius 1 is 1.06 bits per heavy atom. The fraction of sp³-hybridized carbons (Fsp3) is 0.522. The summed E-state index contributed by atoms with van der Waals surface area (Å²) in [5, 5.41) is 6.58. The van der Waals surface area contributed by atoms with Crippen LogP contribution in [0.1, 0.15) is 41.9 Å². The number of likely N-dealkylation sites (N-methyl/N-ethyl adjacent to an activating group) is 1. The lowest BCUT2D eigenvalue weighted by Gasteiger charge is -2.34. The van der Waals surface area contributed by atoms with Crippen molar-refractivity contribution in [3.05, 3.63) is 46.5 Å². The molecule has 2 heterocycles. The maximum Gasteiger partial charge on any atom is 0.251 e. The van der Waals surface area contributed by atoms with Crippen molar-refractivity contribution in [2.45, 2.75) is 44.7 Å². The van der Waals surface area contributed by atoms with Gasteiger partial charge in [-0.05, 0) is 57.9 Å². The zero-order chi connectivity index (χ0) is 22.7. The molecule has 1 saturated heterocycles. The highest BCUT2D eigenvalue weighted by Gasteiger charge is 2.24. The third-order valence-corrected chi connectivity index (χ3v) is 6.54. The van der Waals surface area contributed by atoms with Crippen LogP contribution < -0.4 is 15.5 Å². The van der Waals surface area contributed by atoms with Crippen molar-refractivity contribution in [1.29, 1.82) is 0 Å². The van der Waals surface area contributed by atoms with E-state index in [1.165, 1.54) is 18.2 Å². The van der Waals surface area contributed by atoms with Crippen molar-refractivity contribution in [3.63, 3.8) is 0 Å². The maximum absolute atomic E-state index is 13.3. The molecular weight excluding hydrogens is 431 g/mol. The van der Waals surface area contributed by atoms with E-state index in [-0.39, 0.29) is 17.0 Å². The predicted molar refractivity (Wildman–Crippen MR) is 125 cm³/mol. The molecule has 0 radical (unpaired) electrons. The van der Waals surface area contributed by atoms with Gasteiger partial charge in [0.25, 0.3) is 5.91 Å². The third kappa shape index (κ3) is 5.66. The standard InChI is InChI=1S/C23H30ClFN6O/c1-15-26-21(14-22(27-15)31-11-9-30(2)10-12-31)28-17-4-6-18(7-5-17)29-23(32)16-3-8-20(25)19(24)13-16/h3,8,13-14,17-18H,4-7,9-12H2,1-2H3,(H,29,32)(H,26,27,28). The molecule has 0 atom stereocenters. The lowest BCUT2D eigenvalue weighted by molar-refractivity contribution is 0.0926. The van der Waals surface area contributed by atoms with E-state index in [9.17, 15) is 9.18 Å². The minimum atomic E-state index is -0.523. The maximum atomic E-state index is 13.3. The second-order valence-corrected chi connectivity index (χ2v) is 9.15. The number of nitrogens with one attached hydrogen (secondary N) is 2. The van der Waals surface area contributed by atoms with Crippen molar-refractivity contribution in [2.75, 3.05) is 43.4 Å². The van der Waals surface area contributed by atoms with Crippen LogP contribution in [0, 0.1) is 12.7 Å². The number of rotatable bonds is 5. The normalized spacial score (nSPS) is 21.9. The predicted octanol–water partition coefficient (Wildman–Crippen LogP) is 3.48. The fourth-order valence-corrected chi connectivity index (χ4v) is 4.50. The summed E-state index contributed by atoms with van der Waals surface area (Å²) in [6.45, 7) is 5.93. The summed E-state index contributed by atoms with van der Waals surface area (Å²) >= 11 is 5.80. The van der Waals surface area contributed by atoms with Crippen LogP contribution >= 0.6 is 11.6 Å². The molecule has 0 spiro atoms. The van der Waals surface area contributed by atoms with Crippen LogP contribution in [0.5, 0.6) is 0 Å². The lowest BCUT2D eigenvalue weighted by atomic mass is 9.91. The molecule has 1 aromatic carbocycles. The first-order chi connectivity index (χ1) is 15.4. The van der Waals surface area contributed by atoms with Crippen molar-refractivity contribution < 1.29 is 9.18 Å². The van der Waals surface area contributed by atoms with E-state index < -0.39 is 5.82 Å². The molecule has 1 aliphatic heterocycles. The van der Waals surface area contributed by atoms with E-state index in [1.54, 1.807) is 0 Å². The lowest BCUT2D eigenvalue weighted by Crippen LogP contribution is -2.45. The molecule has 2 N–H and O–H groups in total. The van der Waals surface area contributed by atoms with E-state index in [1.807, 2.05) is 13.0 Å². The van der Waals surface area contributed by atoms with E-state index in [0.29, 0.717) is 11.6 Å². The molecule has 2 fully saturated rings. The van der Waals surface area contributed by atoms with E-state index >= 15 is 0 Å². The monoisotopic (exact) mass is 460 g/mol. The average molecular weight is 461 g/mol. The van der Waals surface area contributed by atoms with Gasteiger partial charge in [0.05, 0.1) is 5.02 Å². The summed E-state index contributed by atoms with van der Waals surface area (Å²) in [7, 11) is 2.14. The van der Waals surface area contributed by atoms with E-state index in [2.05, 4.69) is 37.4 Å². The highest BCUT2D eigenvalue weighted by Crippen LogP contribution is 2.24. The van der Waals surface area contributed by atoms with Gasteiger partial charge in [0.15, 0.2) is 0 Å². The molecular formula is C23H30ClFN6O. The number of hydrogen-bond donors (Lipinski definition) is 2. The summed E-state index contributed by atoms with van der Waals surface area (Å²) in [5.41, 5.74) is 0.379. The molecule has 172 valence electrons. The number of hydrogen-bond acceptors (Lipinski definition) is 6. The molecule has 4 rings (SSSR count). The van der Waals surface area contributed by atoms with Crippen LogP contribution in [0.3, 0.4) is 0 Å². The summed E-state index contributed by atoms with van der Waals surface area (Å²) < 4.78 is 13.3. The van der Waals surface area contributed by atoms with Gasteiger partial charge in [-0.2, -0.15) is 0 Å². The minimum Gasteiger partial charge on any atom is -0.367 e. The topological polar surface area (TPSA) is 73.4 Å². The van der Waals surface area contributed by atoms with Gasteiger partial charge in [-0.3, -0.25) is 4.79 Å². The number of anilines is 2. The van der Waals surface area contributed by atoms with Gasteiger partial charge in [0, 0.05) is 49.9 Å². The second-order valence-electron chi connectivity index (χ2n) is 8.74. The molecule has 32 heavy (non-hydrogen) atoms. The molecule has 1 aliphatic carbocycles. The van der Waals surface area contributed by atoms with Gasteiger partial charge in [-0.15, -0.1) is 0 Å². The van der Waals surface area contributed by atoms with Crippen LogP contribution in [-0.4, -0.2) is 66.1 Å². The minimum absolute atomic E-state index is 0.0401. The Morgan fingerprint density at radius 3 is 2.44 bits per heavy atom. The molecule has 0 unspecified atom stereocenters. The number of nitrogens with zero attached hydrogens (tertiary/aromatic N) is 4. The highest BCUT2D eigenvalue weighted by atomic mass is 35.5. The molecule has 9 heteroatoms. The number of aromatic nitrogens is 2. The number of piperazine rings is 1. The third-order valence-electron chi connectivity index (χ3n) is 6.25. The summed E-state index contributed by atoms with van der Waals surface area (Å²) in [5.74, 6) is 1.87. The Kier molecular flexibility index (Phi) is 7.10. The largest absolute Gasteiger partial charge is 0.367 e. The molecule has 1 aromatic heterocycles. The molecule has 0 bridgehead atoms. The smallest absolute Gasteiger partial charge is 0.251 e. The molecule has 1 saturated carbocycles. The Morgan fingerprint density at radius 2 is 1.75 bits per heavy atom. The Bertz CT molecular complexity index is 957. The number of carbonyl (C=O) groups excluding carboxylic acids is 1. The fourth-order valence-electron chi connectivity index (χ4n) is 4.32. The van der Waals surface area contributed by atoms with Crippen molar-refractivity contribution >= 4 is 29.1 Å².